The highest BCUT2D eigenvalue weighted by molar-refractivity contribution is 5.68. The van der Waals surface area contributed by atoms with Crippen molar-refractivity contribution in [2.24, 2.45) is 0 Å². The number of ether oxygens (including phenoxy) is 2. The average molecular weight is 341 g/mol. The lowest BCUT2D eigenvalue weighted by Gasteiger charge is -2.35. The standard InChI is InChI=1S/C17H24FNO5/c1-17(2,3)19-16(22)24-12-6-11(7-12)23-10-4-5-14(18)13(8-10)15(21)9-20/h4-5,8,11-12,15,20-21H,6-7,9H2,1-3H3,(H,19,22). The molecule has 0 saturated heterocycles. The molecular formula is C17H24FNO5. The molecule has 0 radical (unpaired) electrons. The Hall–Kier alpha value is -1.86. The van der Waals surface area contributed by atoms with E-state index < -0.39 is 24.6 Å². The smallest absolute Gasteiger partial charge is 0.407 e. The number of hydrogen-bond donors (Lipinski definition) is 3. The highest BCUT2D eigenvalue weighted by Gasteiger charge is 2.34. The average Bonchev–Trinajstić information content (AvgIpc) is 2.44. The summed E-state index contributed by atoms with van der Waals surface area (Å²) >= 11 is 0. The Morgan fingerprint density at radius 3 is 2.62 bits per heavy atom. The van der Waals surface area contributed by atoms with Crippen molar-refractivity contribution in [1.29, 1.82) is 0 Å². The van der Waals surface area contributed by atoms with E-state index in [9.17, 15) is 14.3 Å². The molecule has 1 fully saturated rings. The van der Waals surface area contributed by atoms with E-state index in [1.165, 1.54) is 18.2 Å². The van der Waals surface area contributed by atoms with Gasteiger partial charge < -0.3 is 25.0 Å². The van der Waals surface area contributed by atoms with Crippen LogP contribution in [0.4, 0.5) is 9.18 Å². The Labute approximate surface area is 140 Å². The Morgan fingerprint density at radius 1 is 1.38 bits per heavy atom. The number of carbonyl (C=O) groups excluding carboxylic acids is 1. The molecule has 0 bridgehead atoms. The van der Waals surface area contributed by atoms with Crippen LogP contribution in [0.15, 0.2) is 18.2 Å². The van der Waals surface area contributed by atoms with Gasteiger partial charge in [0, 0.05) is 23.9 Å². The predicted octanol–water partition coefficient (Wildman–Crippen LogP) is 2.29. The number of carbonyl (C=O) groups is 1. The van der Waals surface area contributed by atoms with E-state index in [1.54, 1.807) is 0 Å². The summed E-state index contributed by atoms with van der Waals surface area (Å²) in [5.41, 5.74) is -0.360. The monoisotopic (exact) mass is 341 g/mol. The van der Waals surface area contributed by atoms with Crippen LogP contribution in [0.5, 0.6) is 5.75 Å². The van der Waals surface area contributed by atoms with Gasteiger partial charge in [-0.1, -0.05) is 0 Å². The van der Waals surface area contributed by atoms with Crippen molar-refractivity contribution in [3.8, 4) is 5.75 Å². The van der Waals surface area contributed by atoms with Crippen LogP contribution < -0.4 is 10.1 Å². The van der Waals surface area contributed by atoms with Crippen molar-refractivity contribution in [1.82, 2.24) is 5.32 Å². The summed E-state index contributed by atoms with van der Waals surface area (Å²) in [5, 5.41) is 21.2. The van der Waals surface area contributed by atoms with E-state index in [2.05, 4.69) is 5.32 Å². The number of halogens is 1. The van der Waals surface area contributed by atoms with Gasteiger partial charge in [-0.2, -0.15) is 0 Å². The second-order valence-corrected chi connectivity index (χ2v) is 7.00. The number of amides is 1. The maximum absolute atomic E-state index is 13.6. The predicted molar refractivity (Wildman–Crippen MR) is 85.3 cm³/mol. The third-order valence-corrected chi connectivity index (χ3v) is 3.60. The van der Waals surface area contributed by atoms with Gasteiger partial charge in [-0.25, -0.2) is 9.18 Å². The second-order valence-electron chi connectivity index (χ2n) is 7.00. The largest absolute Gasteiger partial charge is 0.490 e. The molecular weight excluding hydrogens is 317 g/mol. The number of benzene rings is 1. The van der Waals surface area contributed by atoms with Gasteiger partial charge in [-0.3, -0.25) is 0 Å². The summed E-state index contributed by atoms with van der Waals surface area (Å²) in [5.74, 6) is -0.195. The molecule has 1 aromatic rings. The van der Waals surface area contributed by atoms with Crippen LogP contribution in [-0.4, -0.2) is 40.7 Å². The molecule has 1 aromatic carbocycles. The first-order chi connectivity index (χ1) is 11.2. The zero-order valence-corrected chi connectivity index (χ0v) is 14.1. The van der Waals surface area contributed by atoms with Gasteiger partial charge in [-0.05, 0) is 39.0 Å². The molecule has 134 valence electrons. The molecule has 1 amide bonds. The molecule has 3 N–H and O–H groups in total. The van der Waals surface area contributed by atoms with Crippen molar-refractivity contribution in [3.63, 3.8) is 0 Å². The molecule has 0 aromatic heterocycles. The molecule has 2 rings (SSSR count). The summed E-state index contributed by atoms with van der Waals surface area (Å²) in [7, 11) is 0. The Morgan fingerprint density at radius 2 is 2.04 bits per heavy atom. The van der Waals surface area contributed by atoms with Crippen molar-refractivity contribution in [2.75, 3.05) is 6.61 Å². The summed E-state index contributed by atoms with van der Waals surface area (Å²) in [4.78, 5) is 11.6. The van der Waals surface area contributed by atoms with Gasteiger partial charge in [0.25, 0.3) is 0 Å². The Balaban J connectivity index is 1.82. The van der Waals surface area contributed by atoms with Gasteiger partial charge in [0.1, 0.15) is 29.9 Å². The summed E-state index contributed by atoms with van der Waals surface area (Å²) in [6, 6.07) is 4.02. The topological polar surface area (TPSA) is 88.0 Å². The van der Waals surface area contributed by atoms with E-state index in [0.717, 1.165) is 0 Å². The molecule has 7 heteroatoms. The normalized spacial score (nSPS) is 21.6. The lowest BCUT2D eigenvalue weighted by atomic mass is 9.92. The summed E-state index contributed by atoms with van der Waals surface area (Å²) < 4.78 is 24.5. The number of rotatable bonds is 5. The van der Waals surface area contributed by atoms with Crippen LogP contribution in [0.1, 0.15) is 45.3 Å². The molecule has 1 atom stereocenters. The van der Waals surface area contributed by atoms with E-state index >= 15 is 0 Å². The first kappa shape index (κ1) is 18.5. The number of aliphatic hydroxyl groups is 2. The van der Waals surface area contributed by atoms with Crippen LogP contribution in [-0.2, 0) is 4.74 Å². The fourth-order valence-electron chi connectivity index (χ4n) is 2.34. The van der Waals surface area contributed by atoms with Gasteiger partial charge in [0.2, 0.25) is 0 Å². The molecule has 1 unspecified atom stereocenters. The Kier molecular flexibility index (Phi) is 5.66. The lowest BCUT2D eigenvalue weighted by molar-refractivity contribution is -0.0245. The van der Waals surface area contributed by atoms with Gasteiger partial charge >= 0.3 is 6.09 Å². The second kappa shape index (κ2) is 7.36. The number of aliphatic hydroxyl groups excluding tert-OH is 2. The summed E-state index contributed by atoms with van der Waals surface area (Å²) in [6.07, 6.45) is -0.991. The minimum Gasteiger partial charge on any atom is -0.490 e. The van der Waals surface area contributed by atoms with E-state index in [-0.39, 0.29) is 23.3 Å². The number of hydrogen-bond acceptors (Lipinski definition) is 5. The van der Waals surface area contributed by atoms with Gasteiger partial charge in [0.15, 0.2) is 0 Å². The Bertz CT molecular complexity index is 581. The third kappa shape index (κ3) is 5.07. The van der Waals surface area contributed by atoms with Crippen molar-refractivity contribution >= 4 is 6.09 Å². The van der Waals surface area contributed by atoms with E-state index in [1.807, 2.05) is 20.8 Å². The summed E-state index contributed by atoms with van der Waals surface area (Å²) in [6.45, 7) is 5.04. The van der Waals surface area contributed by atoms with Crippen LogP contribution in [0.3, 0.4) is 0 Å². The molecule has 1 aliphatic rings. The zero-order chi connectivity index (χ0) is 17.9. The highest BCUT2D eigenvalue weighted by Crippen LogP contribution is 2.30. The lowest BCUT2D eigenvalue weighted by Crippen LogP contribution is -2.46. The zero-order valence-electron chi connectivity index (χ0n) is 14.1. The van der Waals surface area contributed by atoms with Crippen molar-refractivity contribution in [3.05, 3.63) is 29.6 Å². The molecule has 24 heavy (non-hydrogen) atoms. The van der Waals surface area contributed by atoms with E-state index in [0.29, 0.717) is 18.6 Å². The maximum atomic E-state index is 13.6. The van der Waals surface area contributed by atoms with E-state index in [4.69, 9.17) is 14.6 Å². The molecule has 0 heterocycles. The SMILES string of the molecule is CC(C)(C)NC(=O)OC1CC(Oc2ccc(F)c(C(O)CO)c2)C1. The van der Waals surface area contributed by atoms with Crippen molar-refractivity contribution < 1.29 is 28.9 Å². The first-order valence-corrected chi connectivity index (χ1v) is 7.92. The fourth-order valence-corrected chi connectivity index (χ4v) is 2.34. The number of nitrogens with one attached hydrogen (secondary N) is 1. The molecule has 0 spiro atoms. The quantitative estimate of drug-likeness (QED) is 0.765. The highest BCUT2D eigenvalue weighted by atomic mass is 19.1. The van der Waals surface area contributed by atoms with Crippen LogP contribution in [0.25, 0.3) is 0 Å². The molecule has 6 nitrogen and oxygen atoms in total. The third-order valence-electron chi connectivity index (χ3n) is 3.60. The first-order valence-electron chi connectivity index (χ1n) is 7.92. The molecule has 0 aliphatic heterocycles. The van der Waals surface area contributed by atoms with Crippen LogP contribution in [0.2, 0.25) is 0 Å². The van der Waals surface area contributed by atoms with Crippen LogP contribution in [0, 0.1) is 5.82 Å². The van der Waals surface area contributed by atoms with Gasteiger partial charge in [-0.15, -0.1) is 0 Å². The van der Waals surface area contributed by atoms with Crippen molar-refractivity contribution in [2.45, 2.75) is 57.5 Å². The number of alkyl carbamates (subject to hydrolysis) is 1. The molecule has 1 saturated carbocycles. The molecule has 1 aliphatic carbocycles. The van der Waals surface area contributed by atoms with Crippen LogP contribution >= 0.6 is 0 Å². The fraction of sp³-hybridized carbons (Fsp3) is 0.588. The minimum absolute atomic E-state index is 0.00771. The van der Waals surface area contributed by atoms with Gasteiger partial charge in [0.05, 0.1) is 6.61 Å². The maximum Gasteiger partial charge on any atom is 0.407 e. The minimum atomic E-state index is -1.29.